The minimum Gasteiger partial charge on any atom is -0.328 e. The first-order valence-corrected chi connectivity index (χ1v) is 5.89. The van der Waals surface area contributed by atoms with Gasteiger partial charge in [-0.3, -0.25) is 4.79 Å². The summed E-state index contributed by atoms with van der Waals surface area (Å²) >= 11 is 3.43. The lowest BCUT2D eigenvalue weighted by Crippen LogP contribution is -2.17. The van der Waals surface area contributed by atoms with Crippen LogP contribution in [0.3, 0.4) is 0 Å². The third-order valence-corrected chi connectivity index (χ3v) is 3.00. The molecule has 82 valence electrons. The van der Waals surface area contributed by atoms with Crippen LogP contribution in [0.2, 0.25) is 0 Å². The first-order valence-electron chi connectivity index (χ1n) is 5.10. The van der Waals surface area contributed by atoms with Crippen molar-refractivity contribution in [3.8, 4) is 0 Å². The summed E-state index contributed by atoms with van der Waals surface area (Å²) in [5, 5.41) is 0. The fraction of sp³-hybridized carbons (Fsp3) is 0.417. The lowest BCUT2D eigenvalue weighted by Gasteiger charge is -2.05. The predicted octanol–water partition coefficient (Wildman–Crippen LogP) is 2.69. The van der Waals surface area contributed by atoms with Gasteiger partial charge in [0.25, 0.3) is 0 Å². The molecule has 0 radical (unpaired) electrons. The summed E-state index contributed by atoms with van der Waals surface area (Å²) < 4.78 is 0.999. The zero-order chi connectivity index (χ0) is 11.3. The molecule has 3 heteroatoms. The maximum Gasteiger partial charge on any atom is 0.137 e. The van der Waals surface area contributed by atoms with Crippen molar-refractivity contribution in [1.29, 1.82) is 0 Å². The Hall–Kier alpha value is -0.670. The number of halogens is 1. The summed E-state index contributed by atoms with van der Waals surface area (Å²) in [6, 6.07) is 7.91. The molecule has 0 amide bonds. The second-order valence-corrected chi connectivity index (χ2v) is 4.68. The standard InChI is InChI=1S/C12H16BrNO/c1-9(14)6-7-11(15)8-10-4-2-3-5-12(10)13/h2-5,9H,6-8,14H2,1H3. The fourth-order valence-electron chi connectivity index (χ4n) is 1.33. The third-order valence-electron chi connectivity index (χ3n) is 2.22. The third kappa shape index (κ3) is 4.58. The lowest BCUT2D eigenvalue weighted by molar-refractivity contribution is -0.118. The molecule has 1 aromatic carbocycles. The van der Waals surface area contributed by atoms with Gasteiger partial charge in [-0.05, 0) is 25.0 Å². The van der Waals surface area contributed by atoms with E-state index in [1.165, 1.54) is 0 Å². The molecule has 0 aliphatic rings. The van der Waals surface area contributed by atoms with E-state index in [0.29, 0.717) is 12.8 Å². The number of nitrogens with two attached hydrogens (primary N) is 1. The van der Waals surface area contributed by atoms with E-state index in [9.17, 15) is 4.79 Å². The summed E-state index contributed by atoms with van der Waals surface area (Å²) in [5.41, 5.74) is 6.65. The first kappa shape index (κ1) is 12.4. The van der Waals surface area contributed by atoms with Crippen molar-refractivity contribution >= 4 is 21.7 Å². The maximum atomic E-state index is 11.6. The van der Waals surface area contributed by atoms with Crippen molar-refractivity contribution < 1.29 is 4.79 Å². The predicted molar refractivity (Wildman–Crippen MR) is 65.7 cm³/mol. The molecule has 2 N–H and O–H groups in total. The Bertz CT molecular complexity index is 336. The van der Waals surface area contributed by atoms with Crippen LogP contribution >= 0.6 is 15.9 Å². The van der Waals surface area contributed by atoms with Crippen LogP contribution in [-0.2, 0) is 11.2 Å². The minimum absolute atomic E-state index is 0.105. The molecule has 0 fully saturated rings. The van der Waals surface area contributed by atoms with E-state index in [2.05, 4.69) is 15.9 Å². The summed E-state index contributed by atoms with van der Waals surface area (Å²) in [6.07, 6.45) is 1.83. The molecule has 0 saturated heterocycles. The number of ketones is 1. The van der Waals surface area contributed by atoms with Gasteiger partial charge < -0.3 is 5.73 Å². The van der Waals surface area contributed by atoms with Crippen molar-refractivity contribution in [2.75, 3.05) is 0 Å². The smallest absolute Gasteiger partial charge is 0.137 e. The molecule has 0 heterocycles. The molecule has 0 aromatic heterocycles. The largest absolute Gasteiger partial charge is 0.328 e. The molecule has 2 nitrogen and oxygen atoms in total. The van der Waals surface area contributed by atoms with E-state index in [4.69, 9.17) is 5.73 Å². The zero-order valence-corrected chi connectivity index (χ0v) is 10.5. The number of carbonyl (C=O) groups excluding carboxylic acids is 1. The Morgan fingerprint density at radius 1 is 1.47 bits per heavy atom. The van der Waals surface area contributed by atoms with E-state index >= 15 is 0 Å². The Morgan fingerprint density at radius 2 is 2.13 bits per heavy atom. The molecule has 0 aliphatic carbocycles. The molecule has 1 unspecified atom stereocenters. The Balaban J connectivity index is 2.48. The molecule has 0 bridgehead atoms. The molecule has 0 spiro atoms. The number of benzene rings is 1. The van der Waals surface area contributed by atoms with Crippen LogP contribution in [0.5, 0.6) is 0 Å². The summed E-state index contributed by atoms with van der Waals surface area (Å²) in [7, 11) is 0. The van der Waals surface area contributed by atoms with Crippen molar-refractivity contribution in [3.05, 3.63) is 34.3 Å². The van der Waals surface area contributed by atoms with Crippen LogP contribution < -0.4 is 5.73 Å². The highest BCUT2D eigenvalue weighted by Crippen LogP contribution is 2.17. The van der Waals surface area contributed by atoms with E-state index in [1.54, 1.807) is 0 Å². The fourth-order valence-corrected chi connectivity index (χ4v) is 1.76. The number of hydrogen-bond acceptors (Lipinski definition) is 2. The van der Waals surface area contributed by atoms with Gasteiger partial charge in [-0.15, -0.1) is 0 Å². The Kier molecular flexibility index (Phi) is 4.99. The van der Waals surface area contributed by atoms with E-state index in [1.807, 2.05) is 31.2 Å². The lowest BCUT2D eigenvalue weighted by atomic mass is 10.0. The SMILES string of the molecule is CC(N)CCC(=O)Cc1ccccc1Br. The average Bonchev–Trinajstić information content (AvgIpc) is 2.18. The number of Topliss-reactive ketones (excluding diaryl/α,β-unsaturated/α-hetero) is 1. The van der Waals surface area contributed by atoms with Gasteiger partial charge in [0.15, 0.2) is 0 Å². The molecule has 1 rings (SSSR count). The summed E-state index contributed by atoms with van der Waals surface area (Å²) in [4.78, 5) is 11.6. The molecular formula is C12H16BrNO. The van der Waals surface area contributed by atoms with Crippen molar-refractivity contribution in [2.45, 2.75) is 32.2 Å². The Labute approximate surface area is 99.0 Å². The minimum atomic E-state index is 0.105. The summed E-state index contributed by atoms with van der Waals surface area (Å²) in [6.45, 7) is 1.92. The van der Waals surface area contributed by atoms with Crippen molar-refractivity contribution in [2.24, 2.45) is 5.73 Å². The van der Waals surface area contributed by atoms with Crippen LogP contribution in [0, 0.1) is 0 Å². The van der Waals surface area contributed by atoms with Gasteiger partial charge in [-0.2, -0.15) is 0 Å². The van der Waals surface area contributed by atoms with Gasteiger partial charge in [0.1, 0.15) is 5.78 Å². The van der Waals surface area contributed by atoms with Crippen molar-refractivity contribution in [3.63, 3.8) is 0 Å². The highest BCUT2D eigenvalue weighted by Gasteiger charge is 2.07. The van der Waals surface area contributed by atoms with E-state index in [-0.39, 0.29) is 11.8 Å². The second kappa shape index (κ2) is 6.03. The van der Waals surface area contributed by atoms with Crippen LogP contribution in [0.15, 0.2) is 28.7 Å². The van der Waals surface area contributed by atoms with Gasteiger partial charge >= 0.3 is 0 Å². The number of rotatable bonds is 5. The van der Waals surface area contributed by atoms with Crippen LogP contribution in [0.4, 0.5) is 0 Å². The first-order chi connectivity index (χ1) is 7.09. The monoisotopic (exact) mass is 269 g/mol. The number of hydrogen-bond donors (Lipinski definition) is 1. The van der Waals surface area contributed by atoms with Crippen LogP contribution in [0.1, 0.15) is 25.3 Å². The van der Waals surface area contributed by atoms with Gasteiger partial charge in [-0.1, -0.05) is 34.1 Å². The summed E-state index contributed by atoms with van der Waals surface area (Å²) in [5.74, 6) is 0.249. The van der Waals surface area contributed by atoms with Crippen molar-refractivity contribution in [1.82, 2.24) is 0 Å². The van der Waals surface area contributed by atoms with Gasteiger partial charge in [-0.25, -0.2) is 0 Å². The molecule has 15 heavy (non-hydrogen) atoms. The normalized spacial score (nSPS) is 12.5. The second-order valence-electron chi connectivity index (χ2n) is 3.82. The molecular weight excluding hydrogens is 254 g/mol. The highest BCUT2D eigenvalue weighted by atomic mass is 79.9. The van der Waals surface area contributed by atoms with Gasteiger partial charge in [0, 0.05) is 23.4 Å². The Morgan fingerprint density at radius 3 is 2.73 bits per heavy atom. The number of carbonyl (C=O) groups is 1. The highest BCUT2D eigenvalue weighted by molar-refractivity contribution is 9.10. The quantitative estimate of drug-likeness (QED) is 0.893. The van der Waals surface area contributed by atoms with Crippen LogP contribution in [-0.4, -0.2) is 11.8 Å². The average molecular weight is 270 g/mol. The maximum absolute atomic E-state index is 11.6. The zero-order valence-electron chi connectivity index (χ0n) is 8.87. The molecule has 1 atom stereocenters. The van der Waals surface area contributed by atoms with E-state index in [0.717, 1.165) is 16.5 Å². The topological polar surface area (TPSA) is 43.1 Å². The molecule has 0 aliphatic heterocycles. The van der Waals surface area contributed by atoms with E-state index < -0.39 is 0 Å². The molecule has 1 aromatic rings. The van der Waals surface area contributed by atoms with Gasteiger partial charge in [0.2, 0.25) is 0 Å². The molecule has 0 saturated carbocycles. The van der Waals surface area contributed by atoms with Crippen LogP contribution in [0.25, 0.3) is 0 Å². The van der Waals surface area contributed by atoms with Gasteiger partial charge in [0.05, 0.1) is 0 Å².